The Morgan fingerprint density at radius 2 is 2.06 bits per heavy atom. The van der Waals surface area contributed by atoms with Crippen molar-refractivity contribution in [2.45, 2.75) is 18.9 Å². The van der Waals surface area contributed by atoms with Crippen LogP contribution < -0.4 is 10.6 Å². The van der Waals surface area contributed by atoms with Gasteiger partial charge in [-0.25, -0.2) is 0 Å². The minimum Gasteiger partial charge on any atom is -0.325 e. The second-order valence-electron chi connectivity index (χ2n) is 3.94. The van der Waals surface area contributed by atoms with Crippen molar-refractivity contribution in [2.75, 3.05) is 11.9 Å². The average Bonchev–Trinajstić information content (AvgIpc) is 2.83. The molecule has 0 aromatic heterocycles. The van der Waals surface area contributed by atoms with Crippen LogP contribution in [0.5, 0.6) is 0 Å². The second-order valence-corrected chi connectivity index (χ2v) is 3.94. The van der Waals surface area contributed by atoms with Gasteiger partial charge in [-0.15, -0.1) is 12.4 Å². The Bertz CT molecular complexity index is 430. The number of nitrogens with one attached hydrogen (secondary N) is 2. The van der Waals surface area contributed by atoms with Gasteiger partial charge in [-0.1, -0.05) is 0 Å². The number of nitrogens with zero attached hydrogens (tertiary/aromatic N) is 1. The Morgan fingerprint density at radius 1 is 1.39 bits per heavy atom. The molecule has 0 aliphatic carbocycles. The van der Waals surface area contributed by atoms with Gasteiger partial charge in [0, 0.05) is 17.8 Å². The summed E-state index contributed by atoms with van der Waals surface area (Å²) in [5.74, 6) is -0.0867. The van der Waals surface area contributed by atoms with Crippen molar-refractivity contribution in [3.63, 3.8) is 0 Å². The van der Waals surface area contributed by atoms with Gasteiger partial charge in [-0.2, -0.15) is 0 Å². The molecule has 98 valence electrons. The van der Waals surface area contributed by atoms with Crippen molar-refractivity contribution in [2.24, 2.45) is 0 Å². The Balaban J connectivity index is 0.00000162. The van der Waals surface area contributed by atoms with Gasteiger partial charge in [-0.3, -0.25) is 14.9 Å². The highest BCUT2D eigenvalue weighted by Gasteiger charge is 2.21. The summed E-state index contributed by atoms with van der Waals surface area (Å²) in [7, 11) is 0. The Kier molecular flexibility index (Phi) is 5.06. The van der Waals surface area contributed by atoms with Crippen LogP contribution >= 0.6 is 12.4 Å². The maximum Gasteiger partial charge on any atom is 0.269 e. The topological polar surface area (TPSA) is 84.3 Å². The molecular weight excluding hydrogens is 258 g/mol. The van der Waals surface area contributed by atoms with Gasteiger partial charge < -0.3 is 10.6 Å². The van der Waals surface area contributed by atoms with Crippen LogP contribution in [0.1, 0.15) is 12.8 Å². The molecule has 7 heteroatoms. The van der Waals surface area contributed by atoms with Crippen molar-refractivity contribution in [3.8, 4) is 0 Å². The van der Waals surface area contributed by atoms with E-state index in [4.69, 9.17) is 0 Å². The summed E-state index contributed by atoms with van der Waals surface area (Å²) in [4.78, 5) is 21.7. The fraction of sp³-hybridized carbons (Fsp3) is 0.364. The van der Waals surface area contributed by atoms with Crippen LogP contribution in [-0.2, 0) is 4.79 Å². The van der Waals surface area contributed by atoms with E-state index in [-0.39, 0.29) is 30.0 Å². The summed E-state index contributed by atoms with van der Waals surface area (Å²) >= 11 is 0. The minimum absolute atomic E-state index is 0. The van der Waals surface area contributed by atoms with E-state index in [1.165, 1.54) is 24.3 Å². The first kappa shape index (κ1) is 14.4. The second kappa shape index (κ2) is 6.32. The molecule has 1 fully saturated rings. The smallest absolute Gasteiger partial charge is 0.269 e. The molecule has 1 saturated heterocycles. The summed E-state index contributed by atoms with van der Waals surface area (Å²) in [5, 5.41) is 16.3. The number of non-ortho nitro benzene ring substituents is 1. The minimum atomic E-state index is -0.468. The molecule has 0 saturated carbocycles. The third kappa shape index (κ3) is 3.41. The van der Waals surface area contributed by atoms with Crippen molar-refractivity contribution < 1.29 is 9.72 Å². The van der Waals surface area contributed by atoms with Crippen LogP contribution in [0.2, 0.25) is 0 Å². The third-order valence-corrected chi connectivity index (χ3v) is 2.72. The largest absolute Gasteiger partial charge is 0.325 e. The van der Waals surface area contributed by atoms with Crippen molar-refractivity contribution in [1.82, 2.24) is 5.32 Å². The monoisotopic (exact) mass is 271 g/mol. The van der Waals surface area contributed by atoms with E-state index < -0.39 is 4.92 Å². The molecule has 1 aliphatic rings. The van der Waals surface area contributed by atoms with Gasteiger partial charge in [-0.05, 0) is 31.5 Å². The normalized spacial score (nSPS) is 17.9. The molecule has 0 radical (unpaired) electrons. The number of hydrogen-bond donors (Lipinski definition) is 2. The highest BCUT2D eigenvalue weighted by atomic mass is 35.5. The molecule has 1 heterocycles. The zero-order chi connectivity index (χ0) is 12.3. The molecule has 1 atom stereocenters. The first-order valence-corrected chi connectivity index (χ1v) is 5.45. The predicted octanol–water partition coefficient (Wildman–Crippen LogP) is 1.71. The number of anilines is 1. The van der Waals surface area contributed by atoms with Crippen LogP contribution in [0.4, 0.5) is 11.4 Å². The fourth-order valence-corrected chi connectivity index (χ4v) is 1.80. The number of benzene rings is 1. The SMILES string of the molecule is Cl.O=C(Nc1ccc([N+](=O)[O-])cc1)[C@@H]1CCCN1. The Morgan fingerprint density at radius 3 is 2.56 bits per heavy atom. The molecule has 18 heavy (non-hydrogen) atoms. The van der Waals surface area contributed by atoms with E-state index in [1.807, 2.05) is 0 Å². The molecule has 0 unspecified atom stereocenters. The number of halogens is 1. The standard InChI is InChI=1S/C11H13N3O3.ClH/c15-11(10-2-1-7-12-10)13-8-3-5-9(6-4-8)14(16)17;/h3-6,10,12H,1-2,7H2,(H,13,15);1H/t10-;/m0./s1. The van der Waals surface area contributed by atoms with Gasteiger partial charge >= 0.3 is 0 Å². The van der Waals surface area contributed by atoms with Crippen LogP contribution in [-0.4, -0.2) is 23.4 Å². The number of rotatable bonds is 3. The van der Waals surface area contributed by atoms with Crippen LogP contribution in [0, 0.1) is 10.1 Å². The lowest BCUT2D eigenvalue weighted by Gasteiger charge is -2.10. The number of carbonyl (C=O) groups is 1. The van der Waals surface area contributed by atoms with E-state index in [0.717, 1.165) is 19.4 Å². The van der Waals surface area contributed by atoms with Crippen LogP contribution in [0.3, 0.4) is 0 Å². The van der Waals surface area contributed by atoms with Crippen molar-refractivity contribution >= 4 is 29.7 Å². The zero-order valence-corrected chi connectivity index (χ0v) is 10.4. The highest BCUT2D eigenvalue weighted by Crippen LogP contribution is 2.16. The van der Waals surface area contributed by atoms with Gasteiger partial charge in [0.2, 0.25) is 5.91 Å². The van der Waals surface area contributed by atoms with Crippen molar-refractivity contribution in [1.29, 1.82) is 0 Å². The van der Waals surface area contributed by atoms with Gasteiger partial charge in [0.05, 0.1) is 11.0 Å². The molecule has 2 N–H and O–H groups in total. The zero-order valence-electron chi connectivity index (χ0n) is 9.59. The molecule has 2 rings (SSSR count). The first-order valence-electron chi connectivity index (χ1n) is 5.45. The molecule has 6 nitrogen and oxygen atoms in total. The molecular formula is C11H14ClN3O3. The van der Waals surface area contributed by atoms with E-state index in [1.54, 1.807) is 0 Å². The Hall–Kier alpha value is -1.66. The lowest BCUT2D eigenvalue weighted by Crippen LogP contribution is -2.35. The Labute approximate surface area is 110 Å². The highest BCUT2D eigenvalue weighted by molar-refractivity contribution is 5.95. The summed E-state index contributed by atoms with van der Waals surface area (Å²) in [6.07, 6.45) is 1.83. The van der Waals surface area contributed by atoms with E-state index in [2.05, 4.69) is 10.6 Å². The molecule has 1 aliphatic heterocycles. The summed E-state index contributed by atoms with van der Waals surface area (Å²) in [6.45, 7) is 0.859. The summed E-state index contributed by atoms with van der Waals surface area (Å²) in [5.41, 5.74) is 0.594. The van der Waals surface area contributed by atoms with Crippen LogP contribution in [0.15, 0.2) is 24.3 Å². The molecule has 1 amide bonds. The maximum absolute atomic E-state index is 11.7. The maximum atomic E-state index is 11.7. The van der Waals surface area contributed by atoms with Crippen LogP contribution in [0.25, 0.3) is 0 Å². The quantitative estimate of drug-likeness (QED) is 0.647. The number of nitro benzene ring substituents is 1. The fourth-order valence-electron chi connectivity index (χ4n) is 1.80. The van der Waals surface area contributed by atoms with Crippen molar-refractivity contribution in [3.05, 3.63) is 34.4 Å². The summed E-state index contributed by atoms with van der Waals surface area (Å²) < 4.78 is 0. The third-order valence-electron chi connectivity index (χ3n) is 2.72. The first-order chi connectivity index (χ1) is 8.16. The number of amides is 1. The molecule has 1 aromatic rings. The van der Waals surface area contributed by atoms with E-state index in [0.29, 0.717) is 5.69 Å². The predicted molar refractivity (Wildman–Crippen MR) is 70.0 cm³/mol. The lowest BCUT2D eigenvalue weighted by atomic mass is 10.2. The molecule has 0 bridgehead atoms. The molecule has 1 aromatic carbocycles. The van der Waals surface area contributed by atoms with Gasteiger partial charge in [0.1, 0.15) is 0 Å². The number of nitro groups is 1. The lowest BCUT2D eigenvalue weighted by molar-refractivity contribution is -0.384. The van der Waals surface area contributed by atoms with Gasteiger partial charge in [0.25, 0.3) is 5.69 Å². The average molecular weight is 272 g/mol. The molecule has 0 spiro atoms. The summed E-state index contributed by atoms with van der Waals surface area (Å²) in [6, 6.07) is 5.66. The van der Waals surface area contributed by atoms with E-state index >= 15 is 0 Å². The van der Waals surface area contributed by atoms with E-state index in [9.17, 15) is 14.9 Å². The number of carbonyl (C=O) groups excluding carboxylic acids is 1. The number of hydrogen-bond acceptors (Lipinski definition) is 4. The van der Waals surface area contributed by atoms with Gasteiger partial charge in [0.15, 0.2) is 0 Å².